The number of nitrogens with two attached hydrogens (primary N) is 2. The summed E-state index contributed by atoms with van der Waals surface area (Å²) in [6.45, 7) is 16.1. The number of hydrogen-bond donors (Lipinski definition) is 6. The van der Waals surface area contributed by atoms with Crippen molar-refractivity contribution in [2.45, 2.75) is 72.6 Å². The van der Waals surface area contributed by atoms with E-state index in [1.807, 2.05) is 58.2 Å². The number of amides is 3. The van der Waals surface area contributed by atoms with E-state index in [2.05, 4.69) is 34.7 Å². The molecule has 15 heteroatoms. The molecule has 1 aromatic carbocycles. The van der Waals surface area contributed by atoms with Gasteiger partial charge in [-0.1, -0.05) is 58.0 Å². The average Bonchev–Trinajstić information content (AvgIpc) is 3.05. The normalized spacial score (nSPS) is 10.7. The van der Waals surface area contributed by atoms with Crippen LogP contribution in [0.2, 0.25) is 0 Å². The Kier molecular flexibility index (Phi) is 59.0. The molecule has 3 amide bonds. The first-order valence-electron chi connectivity index (χ1n) is 16.0. The van der Waals surface area contributed by atoms with Crippen molar-refractivity contribution in [2.75, 3.05) is 73.0 Å². The van der Waals surface area contributed by atoms with Crippen LogP contribution in [0.1, 0.15) is 59.4 Å². The van der Waals surface area contributed by atoms with Crippen LogP contribution < -0.4 is 27.4 Å². The van der Waals surface area contributed by atoms with Gasteiger partial charge in [0.2, 0.25) is 18.2 Å². The van der Waals surface area contributed by atoms with Crippen molar-refractivity contribution in [3.63, 3.8) is 0 Å². The molecule has 0 aliphatic heterocycles. The van der Waals surface area contributed by atoms with Gasteiger partial charge in [0, 0.05) is 51.7 Å². The summed E-state index contributed by atoms with van der Waals surface area (Å²) >= 11 is 0. The van der Waals surface area contributed by atoms with E-state index < -0.39 is 11.9 Å². The minimum atomic E-state index is -0.573. The molecule has 0 bridgehead atoms. The van der Waals surface area contributed by atoms with Crippen LogP contribution in [0.5, 0.6) is 0 Å². The van der Waals surface area contributed by atoms with Crippen molar-refractivity contribution in [1.82, 2.24) is 16.0 Å². The van der Waals surface area contributed by atoms with Crippen LogP contribution in [0.15, 0.2) is 30.3 Å². The Balaban J connectivity index is -0.000000154. The van der Waals surface area contributed by atoms with Crippen molar-refractivity contribution >= 4 is 18.2 Å². The Labute approximate surface area is 322 Å². The predicted molar refractivity (Wildman–Crippen MR) is 193 cm³/mol. The summed E-state index contributed by atoms with van der Waals surface area (Å²) < 4.78 is 21.4. The number of primary amides is 1. The van der Waals surface area contributed by atoms with Crippen molar-refractivity contribution < 1.29 is 76.2 Å². The quantitative estimate of drug-likeness (QED) is 0.0280. The zero-order valence-corrected chi connectivity index (χ0v) is 34.4. The molecule has 1 radical (unpaired) electrons. The Morgan fingerprint density at radius 1 is 0.878 bits per heavy atom. The van der Waals surface area contributed by atoms with Gasteiger partial charge in [-0.05, 0) is 44.8 Å². The van der Waals surface area contributed by atoms with Crippen LogP contribution in [-0.4, -0.2) is 109 Å². The molecule has 0 saturated heterocycles. The van der Waals surface area contributed by atoms with Gasteiger partial charge in [-0.15, -0.1) is 0 Å². The van der Waals surface area contributed by atoms with Crippen LogP contribution in [0.4, 0.5) is 0 Å². The molecule has 0 saturated carbocycles. The van der Waals surface area contributed by atoms with E-state index in [0.29, 0.717) is 91.0 Å². The van der Waals surface area contributed by atoms with Gasteiger partial charge in [-0.2, -0.15) is 0 Å². The second kappa shape index (κ2) is 48.5. The third kappa shape index (κ3) is 46.4. The molecule has 0 aromatic heterocycles. The number of carbonyl (C=O) groups excluding carboxylic acids is 3. The maximum Gasteiger partial charge on any atom is 0.239 e. The third-order valence-corrected chi connectivity index (χ3v) is 5.86. The standard InChI is InChI=1S/C17H36N2O5.C7H8O2.C6H13N3O2.C2H6.2CH3.Y/c1-15(2)16(3)19-17(20)5-7-21-9-11-23-13-14-24-12-10-22-8-6-18-4;8-9-6-7-4-2-1-3-5-7;7-3-1-2-5(6(8)11)9-4-10;1-2;;;/h15-16,18H,5-14H2,1-4H3,(H,19,20);1-5,8H,6H2;4-5H,1-3,7H2,(H2,8,11)(H,9,10);1-2H3;2*1H3;/q;;;;2*-1;. The largest absolute Gasteiger partial charge is 0.379 e. The maximum atomic E-state index is 11.6. The molecule has 0 fully saturated rings. The summed E-state index contributed by atoms with van der Waals surface area (Å²) in [4.78, 5) is 36.0. The molecule has 0 aliphatic rings. The van der Waals surface area contributed by atoms with Crippen LogP contribution in [0.25, 0.3) is 0 Å². The first kappa shape index (κ1) is 59.6. The Morgan fingerprint density at radius 3 is 1.78 bits per heavy atom. The number of hydrogen-bond acceptors (Lipinski definition) is 11. The Bertz CT molecular complexity index is 801. The average molecular weight is 781 g/mol. The minimum absolute atomic E-state index is 0. The molecule has 1 rings (SSSR count). The topological polar surface area (TPSA) is 206 Å². The summed E-state index contributed by atoms with van der Waals surface area (Å²) in [5, 5.41) is 16.3. The van der Waals surface area contributed by atoms with Crippen molar-refractivity contribution in [2.24, 2.45) is 17.4 Å². The molecule has 14 nitrogen and oxygen atoms in total. The van der Waals surface area contributed by atoms with Crippen LogP contribution in [0, 0.1) is 20.8 Å². The zero-order chi connectivity index (χ0) is 35.3. The molecule has 289 valence electrons. The van der Waals surface area contributed by atoms with Gasteiger partial charge in [0.25, 0.3) is 0 Å². The van der Waals surface area contributed by atoms with Gasteiger partial charge in [-0.3, -0.25) is 19.6 Å². The molecular formula is C34H69N5O9Y-2. The van der Waals surface area contributed by atoms with Gasteiger partial charge in [0.15, 0.2) is 0 Å². The molecule has 0 aliphatic carbocycles. The summed E-state index contributed by atoms with van der Waals surface area (Å²) in [5.41, 5.74) is 11.1. The first-order valence-corrected chi connectivity index (χ1v) is 16.0. The molecule has 0 heterocycles. The summed E-state index contributed by atoms with van der Waals surface area (Å²) in [7, 11) is 1.89. The maximum absolute atomic E-state index is 11.6. The molecule has 0 spiro atoms. The van der Waals surface area contributed by atoms with Crippen molar-refractivity contribution in [3.8, 4) is 0 Å². The number of carbonyl (C=O) groups is 3. The monoisotopic (exact) mass is 780 g/mol. The zero-order valence-electron chi connectivity index (χ0n) is 31.5. The van der Waals surface area contributed by atoms with Crippen molar-refractivity contribution in [3.05, 3.63) is 50.7 Å². The number of nitrogens with one attached hydrogen (secondary N) is 3. The van der Waals surface area contributed by atoms with E-state index in [1.165, 1.54) is 0 Å². The summed E-state index contributed by atoms with van der Waals surface area (Å²) in [6.07, 6.45) is 2.03. The Morgan fingerprint density at radius 2 is 1.37 bits per heavy atom. The fraction of sp³-hybridized carbons (Fsp3) is 0.676. The second-order valence-corrected chi connectivity index (χ2v) is 9.83. The van der Waals surface area contributed by atoms with Crippen molar-refractivity contribution in [1.29, 1.82) is 0 Å². The molecule has 2 atom stereocenters. The third-order valence-electron chi connectivity index (χ3n) is 5.86. The second-order valence-electron chi connectivity index (χ2n) is 9.83. The van der Waals surface area contributed by atoms with Gasteiger partial charge in [0.1, 0.15) is 12.6 Å². The number of rotatable bonds is 25. The van der Waals surface area contributed by atoms with Gasteiger partial charge >= 0.3 is 0 Å². The number of benzene rings is 1. The van der Waals surface area contributed by atoms with Crippen LogP contribution in [0.3, 0.4) is 0 Å². The fourth-order valence-corrected chi connectivity index (χ4v) is 2.95. The smallest absolute Gasteiger partial charge is 0.239 e. The van der Waals surface area contributed by atoms with Gasteiger partial charge < -0.3 is 61.2 Å². The van der Waals surface area contributed by atoms with E-state index in [-0.39, 0.29) is 66.1 Å². The summed E-state index contributed by atoms with van der Waals surface area (Å²) in [5.74, 6) is -0.0570. The molecular weight excluding hydrogens is 711 g/mol. The van der Waals surface area contributed by atoms with E-state index in [4.69, 9.17) is 35.7 Å². The van der Waals surface area contributed by atoms with E-state index in [0.717, 1.165) is 12.1 Å². The summed E-state index contributed by atoms with van der Waals surface area (Å²) in [6, 6.07) is 9.10. The van der Waals surface area contributed by atoms with Crippen LogP contribution >= 0.6 is 0 Å². The Hall–Kier alpha value is -1.59. The van der Waals surface area contributed by atoms with Gasteiger partial charge in [0.05, 0.1) is 52.9 Å². The number of likely N-dealkylation sites (N-methyl/N-ethyl adjacent to an activating group) is 1. The van der Waals surface area contributed by atoms with Crippen LogP contribution in [-0.2, 0) is 77.5 Å². The van der Waals surface area contributed by atoms with E-state index >= 15 is 0 Å². The number of ether oxygens (including phenoxy) is 4. The van der Waals surface area contributed by atoms with Gasteiger partial charge in [-0.25, -0.2) is 4.89 Å². The molecule has 49 heavy (non-hydrogen) atoms. The predicted octanol–water partition coefficient (Wildman–Crippen LogP) is 2.75. The molecule has 1 aromatic rings. The van der Waals surface area contributed by atoms with E-state index in [1.54, 1.807) is 0 Å². The SMILES string of the molecule is CC.CNCCOCCOCCOCCOCCC(=O)NC(C)C(C)C.NCCCC(NC=O)C(N)=O.OOCc1ccccc1.[CH3-].[CH3-].[Y]. The van der Waals surface area contributed by atoms with E-state index in [9.17, 15) is 14.4 Å². The first-order chi connectivity index (χ1) is 22.2. The fourth-order valence-electron chi connectivity index (χ4n) is 2.95. The molecule has 2 unspecified atom stereocenters. The molecule has 8 N–H and O–H groups in total. The minimum Gasteiger partial charge on any atom is -0.379 e.